The van der Waals surface area contributed by atoms with Gasteiger partial charge in [0.25, 0.3) is 0 Å². The van der Waals surface area contributed by atoms with Crippen LogP contribution >= 0.6 is 11.8 Å². The van der Waals surface area contributed by atoms with Gasteiger partial charge in [-0.1, -0.05) is 11.8 Å². The number of benzene rings is 1. The van der Waals surface area contributed by atoms with Crippen molar-refractivity contribution in [2.24, 2.45) is 0 Å². The fraction of sp³-hybridized carbons (Fsp3) is 0.429. The molecule has 0 spiro atoms. The van der Waals surface area contributed by atoms with Gasteiger partial charge in [-0.25, -0.2) is 13.1 Å². The monoisotopic (exact) mass is 329 g/mol. The molecule has 0 amide bonds. The van der Waals surface area contributed by atoms with Crippen LogP contribution < -0.4 is 9.46 Å². The molecule has 0 radical (unpaired) electrons. The lowest BCUT2D eigenvalue weighted by molar-refractivity contribution is 0.305. The van der Waals surface area contributed by atoms with Crippen molar-refractivity contribution in [3.8, 4) is 17.6 Å². The lowest BCUT2D eigenvalue weighted by atomic mass is 10.2. The fourth-order valence-corrected chi connectivity index (χ4v) is 3.02. The van der Waals surface area contributed by atoms with Crippen LogP contribution in [0.15, 0.2) is 23.1 Å². The first-order valence-corrected chi connectivity index (χ1v) is 9.19. The molecule has 0 atom stereocenters. The number of hydrogen-bond acceptors (Lipinski definition) is 5. The molecule has 0 aliphatic carbocycles. The summed E-state index contributed by atoms with van der Waals surface area (Å²) in [4.78, 5) is 0.151. The lowest BCUT2D eigenvalue weighted by Crippen LogP contribution is -2.26. The number of methoxy groups -OCH3 is 1. The summed E-state index contributed by atoms with van der Waals surface area (Å²) >= 11 is 1.57. The smallest absolute Gasteiger partial charge is 0.240 e. The van der Waals surface area contributed by atoms with E-state index in [0.29, 0.717) is 30.0 Å². The number of thioether (sulfide) groups is 1. The van der Waals surface area contributed by atoms with Crippen molar-refractivity contribution < 1.29 is 18.3 Å². The molecular weight excluding hydrogens is 310 g/mol. The Morgan fingerprint density at radius 1 is 1.43 bits per heavy atom. The van der Waals surface area contributed by atoms with Crippen LogP contribution in [0, 0.1) is 11.8 Å². The first-order valence-electron chi connectivity index (χ1n) is 6.31. The highest BCUT2D eigenvalue weighted by atomic mass is 32.2. The summed E-state index contributed by atoms with van der Waals surface area (Å²) < 4.78 is 32.0. The van der Waals surface area contributed by atoms with Crippen molar-refractivity contribution in [1.82, 2.24) is 4.72 Å². The number of rotatable bonds is 7. The van der Waals surface area contributed by atoms with Gasteiger partial charge >= 0.3 is 0 Å². The molecule has 21 heavy (non-hydrogen) atoms. The summed E-state index contributed by atoms with van der Waals surface area (Å²) in [6, 6.07) is 4.54. The van der Waals surface area contributed by atoms with Crippen molar-refractivity contribution in [2.75, 3.05) is 32.3 Å². The molecule has 5 nitrogen and oxygen atoms in total. The summed E-state index contributed by atoms with van der Waals surface area (Å²) in [5, 5.41) is 8.73. The Morgan fingerprint density at radius 2 is 2.19 bits per heavy atom. The second-order valence-electron chi connectivity index (χ2n) is 4.03. The van der Waals surface area contributed by atoms with E-state index in [1.165, 1.54) is 19.2 Å². The number of hydrogen-bond donors (Lipinski definition) is 2. The zero-order valence-electron chi connectivity index (χ0n) is 12.0. The normalized spacial score (nSPS) is 10.8. The SMILES string of the molecule is COc1ccc(S(=O)(=O)NCCSC)cc1C#CCCO. The van der Waals surface area contributed by atoms with Gasteiger partial charge in [0.05, 0.1) is 24.2 Å². The standard InChI is InChI=1S/C14H19NO4S2/c1-19-14-7-6-13(11-12(14)5-3-4-9-16)21(17,18)15-8-10-20-2/h6-7,11,15-16H,4,8-10H2,1-2H3. The molecule has 0 saturated carbocycles. The zero-order chi connectivity index (χ0) is 15.7. The van der Waals surface area contributed by atoms with E-state index in [1.54, 1.807) is 17.8 Å². The third kappa shape index (κ3) is 5.59. The summed E-state index contributed by atoms with van der Waals surface area (Å²) in [5.41, 5.74) is 0.485. The number of sulfonamides is 1. The Bertz CT molecular complexity index is 618. The van der Waals surface area contributed by atoms with Crippen LogP contribution in [0.5, 0.6) is 5.75 Å². The molecule has 1 aromatic rings. The highest BCUT2D eigenvalue weighted by Crippen LogP contribution is 2.21. The molecule has 7 heteroatoms. The summed E-state index contributed by atoms with van der Waals surface area (Å²) in [6.45, 7) is 0.338. The van der Waals surface area contributed by atoms with E-state index in [2.05, 4.69) is 16.6 Å². The summed E-state index contributed by atoms with van der Waals surface area (Å²) in [5.74, 6) is 6.78. The number of ether oxygens (including phenoxy) is 1. The van der Waals surface area contributed by atoms with Gasteiger partial charge in [-0.3, -0.25) is 0 Å². The predicted octanol–water partition coefficient (Wildman–Crippen LogP) is 1.07. The Balaban J connectivity index is 3.04. The topological polar surface area (TPSA) is 75.6 Å². The Labute approximate surface area is 130 Å². The molecular formula is C14H19NO4S2. The van der Waals surface area contributed by atoms with E-state index < -0.39 is 10.0 Å². The van der Waals surface area contributed by atoms with Crippen LogP contribution in [-0.4, -0.2) is 45.8 Å². The van der Waals surface area contributed by atoms with E-state index in [0.717, 1.165) is 0 Å². The maximum absolute atomic E-state index is 12.1. The minimum atomic E-state index is -3.55. The predicted molar refractivity (Wildman–Crippen MR) is 85.1 cm³/mol. The van der Waals surface area contributed by atoms with Gasteiger partial charge in [0, 0.05) is 18.7 Å². The van der Waals surface area contributed by atoms with Crippen LogP contribution in [-0.2, 0) is 10.0 Å². The van der Waals surface area contributed by atoms with Gasteiger partial charge < -0.3 is 9.84 Å². The third-order valence-electron chi connectivity index (χ3n) is 2.54. The van der Waals surface area contributed by atoms with Crippen molar-refractivity contribution in [2.45, 2.75) is 11.3 Å². The van der Waals surface area contributed by atoms with Crippen molar-refractivity contribution in [3.05, 3.63) is 23.8 Å². The number of nitrogens with one attached hydrogen (secondary N) is 1. The quantitative estimate of drug-likeness (QED) is 0.578. The second kappa shape index (κ2) is 8.95. The van der Waals surface area contributed by atoms with Crippen molar-refractivity contribution in [1.29, 1.82) is 0 Å². The van der Waals surface area contributed by atoms with E-state index in [1.807, 2.05) is 6.26 Å². The number of aliphatic hydroxyl groups excluding tert-OH is 1. The number of aliphatic hydroxyl groups is 1. The largest absolute Gasteiger partial charge is 0.495 e. The van der Waals surface area contributed by atoms with Gasteiger partial charge in [0.15, 0.2) is 0 Å². The van der Waals surface area contributed by atoms with Gasteiger partial charge in [-0.05, 0) is 24.5 Å². The van der Waals surface area contributed by atoms with Crippen LogP contribution in [0.4, 0.5) is 0 Å². The highest BCUT2D eigenvalue weighted by molar-refractivity contribution is 7.98. The first-order chi connectivity index (χ1) is 10.0. The van der Waals surface area contributed by atoms with Crippen LogP contribution in [0.2, 0.25) is 0 Å². The van der Waals surface area contributed by atoms with Crippen LogP contribution in [0.25, 0.3) is 0 Å². The Hall–Kier alpha value is -1.20. The summed E-state index contributed by atoms with van der Waals surface area (Å²) in [7, 11) is -2.05. The maximum Gasteiger partial charge on any atom is 0.240 e. The maximum atomic E-state index is 12.1. The summed E-state index contributed by atoms with van der Waals surface area (Å²) in [6.07, 6.45) is 2.24. The molecule has 0 aromatic heterocycles. The fourth-order valence-electron chi connectivity index (χ4n) is 1.53. The van der Waals surface area contributed by atoms with Crippen LogP contribution in [0.1, 0.15) is 12.0 Å². The molecule has 116 valence electrons. The molecule has 0 aliphatic heterocycles. The highest BCUT2D eigenvalue weighted by Gasteiger charge is 2.15. The molecule has 2 N–H and O–H groups in total. The van der Waals surface area contributed by atoms with Crippen molar-refractivity contribution in [3.63, 3.8) is 0 Å². The minimum absolute atomic E-state index is 0.0382. The molecule has 0 fully saturated rings. The molecule has 0 unspecified atom stereocenters. The van der Waals surface area contributed by atoms with E-state index >= 15 is 0 Å². The van der Waals surface area contributed by atoms with Gasteiger partial charge in [0.1, 0.15) is 5.75 Å². The van der Waals surface area contributed by atoms with Crippen molar-refractivity contribution >= 4 is 21.8 Å². The van der Waals surface area contributed by atoms with Gasteiger partial charge in [-0.15, -0.1) is 0 Å². The molecule has 0 heterocycles. The average Bonchev–Trinajstić information content (AvgIpc) is 2.47. The molecule has 1 rings (SSSR count). The molecule has 1 aromatic carbocycles. The zero-order valence-corrected chi connectivity index (χ0v) is 13.7. The van der Waals surface area contributed by atoms with Crippen LogP contribution in [0.3, 0.4) is 0 Å². The molecule has 0 aliphatic rings. The lowest BCUT2D eigenvalue weighted by Gasteiger charge is -2.09. The third-order valence-corrected chi connectivity index (χ3v) is 4.61. The average molecular weight is 329 g/mol. The van der Waals surface area contributed by atoms with E-state index in [9.17, 15) is 8.42 Å². The van der Waals surface area contributed by atoms with E-state index in [-0.39, 0.29) is 11.5 Å². The van der Waals surface area contributed by atoms with Gasteiger partial charge in [0.2, 0.25) is 10.0 Å². The Morgan fingerprint density at radius 3 is 2.81 bits per heavy atom. The molecule has 0 bridgehead atoms. The van der Waals surface area contributed by atoms with Gasteiger partial charge in [-0.2, -0.15) is 11.8 Å². The molecule has 0 saturated heterocycles. The minimum Gasteiger partial charge on any atom is -0.495 e. The van der Waals surface area contributed by atoms with E-state index in [4.69, 9.17) is 9.84 Å². The Kier molecular flexibility index (Phi) is 7.61. The first kappa shape index (κ1) is 17.9. The second-order valence-corrected chi connectivity index (χ2v) is 6.78.